The first-order chi connectivity index (χ1) is 13.1. The van der Waals surface area contributed by atoms with Crippen LogP contribution in [-0.2, 0) is 4.79 Å². The Morgan fingerprint density at radius 3 is 2.30 bits per heavy atom. The van der Waals surface area contributed by atoms with Gasteiger partial charge in [0.1, 0.15) is 18.1 Å². The molecule has 27 heavy (non-hydrogen) atoms. The van der Waals surface area contributed by atoms with Crippen LogP contribution in [0.5, 0.6) is 11.5 Å². The second-order valence-electron chi connectivity index (χ2n) is 6.90. The number of nitrogens with zero attached hydrogens (tertiary/aromatic N) is 2. The van der Waals surface area contributed by atoms with Gasteiger partial charge in [-0.25, -0.2) is 0 Å². The van der Waals surface area contributed by atoms with Gasteiger partial charge in [0.05, 0.1) is 0 Å². The second kappa shape index (κ2) is 9.42. The highest BCUT2D eigenvalue weighted by atomic mass is 16.5. The van der Waals surface area contributed by atoms with Crippen LogP contribution in [0.4, 0.5) is 0 Å². The summed E-state index contributed by atoms with van der Waals surface area (Å²) in [5.41, 5.74) is 1.17. The molecule has 1 fully saturated rings. The molecule has 0 N–H and O–H groups in total. The van der Waals surface area contributed by atoms with Crippen LogP contribution in [0, 0.1) is 6.92 Å². The summed E-state index contributed by atoms with van der Waals surface area (Å²) in [6.07, 6.45) is -0.472. The van der Waals surface area contributed by atoms with E-state index in [0.717, 1.165) is 44.2 Å². The average Bonchev–Trinajstić information content (AvgIpc) is 2.70. The molecule has 0 radical (unpaired) electrons. The maximum Gasteiger partial charge on any atom is 0.263 e. The lowest BCUT2D eigenvalue weighted by Gasteiger charge is -2.35. The highest BCUT2D eigenvalue weighted by Crippen LogP contribution is 2.15. The minimum atomic E-state index is -0.472. The number of aryl methyl sites for hydroxylation is 1. The molecule has 5 nitrogen and oxygen atoms in total. The van der Waals surface area contributed by atoms with E-state index < -0.39 is 6.10 Å². The lowest BCUT2D eigenvalue weighted by atomic mass is 10.2. The summed E-state index contributed by atoms with van der Waals surface area (Å²) < 4.78 is 11.6. The largest absolute Gasteiger partial charge is 0.492 e. The SMILES string of the molecule is Cc1ccc(OC(C)C(=O)N2CCN(CCOc3ccccc3)CC2)cc1. The number of carbonyl (C=O) groups is 1. The minimum Gasteiger partial charge on any atom is -0.492 e. The van der Waals surface area contributed by atoms with Gasteiger partial charge in [0, 0.05) is 32.7 Å². The highest BCUT2D eigenvalue weighted by Gasteiger charge is 2.25. The predicted octanol–water partition coefficient (Wildman–Crippen LogP) is 2.99. The van der Waals surface area contributed by atoms with Gasteiger partial charge in [-0.05, 0) is 38.1 Å². The van der Waals surface area contributed by atoms with Crippen molar-refractivity contribution in [1.29, 1.82) is 0 Å². The first-order valence-corrected chi connectivity index (χ1v) is 9.54. The first kappa shape index (κ1) is 19.2. The van der Waals surface area contributed by atoms with E-state index in [1.807, 2.05) is 73.3 Å². The van der Waals surface area contributed by atoms with Crippen molar-refractivity contribution < 1.29 is 14.3 Å². The molecule has 0 bridgehead atoms. The van der Waals surface area contributed by atoms with Gasteiger partial charge in [0.25, 0.3) is 5.91 Å². The number of rotatable bonds is 7. The summed E-state index contributed by atoms with van der Waals surface area (Å²) >= 11 is 0. The van der Waals surface area contributed by atoms with Crippen molar-refractivity contribution in [2.75, 3.05) is 39.3 Å². The van der Waals surface area contributed by atoms with Gasteiger partial charge >= 0.3 is 0 Å². The van der Waals surface area contributed by atoms with E-state index in [1.165, 1.54) is 5.56 Å². The monoisotopic (exact) mass is 368 g/mol. The van der Waals surface area contributed by atoms with Crippen LogP contribution < -0.4 is 9.47 Å². The first-order valence-electron chi connectivity index (χ1n) is 9.54. The van der Waals surface area contributed by atoms with Crippen LogP contribution in [-0.4, -0.2) is 61.1 Å². The minimum absolute atomic E-state index is 0.0516. The molecule has 0 aromatic heterocycles. The third kappa shape index (κ3) is 5.73. The van der Waals surface area contributed by atoms with Crippen LogP contribution in [0.1, 0.15) is 12.5 Å². The molecule has 1 atom stereocenters. The van der Waals surface area contributed by atoms with E-state index in [4.69, 9.17) is 9.47 Å². The smallest absolute Gasteiger partial charge is 0.263 e. The van der Waals surface area contributed by atoms with Gasteiger partial charge in [0.2, 0.25) is 0 Å². The molecule has 5 heteroatoms. The third-order valence-electron chi connectivity index (χ3n) is 4.79. The van der Waals surface area contributed by atoms with Crippen molar-refractivity contribution in [3.8, 4) is 11.5 Å². The topological polar surface area (TPSA) is 42.0 Å². The Balaban J connectivity index is 1.38. The lowest BCUT2D eigenvalue weighted by molar-refractivity contribution is -0.139. The Hall–Kier alpha value is -2.53. The summed E-state index contributed by atoms with van der Waals surface area (Å²) in [4.78, 5) is 16.9. The molecule has 2 aromatic rings. The summed E-state index contributed by atoms with van der Waals surface area (Å²) in [5.74, 6) is 1.68. The van der Waals surface area contributed by atoms with Crippen molar-refractivity contribution in [3.05, 3.63) is 60.2 Å². The number of hydrogen-bond donors (Lipinski definition) is 0. The molecule has 0 saturated carbocycles. The fourth-order valence-corrected chi connectivity index (χ4v) is 3.13. The van der Waals surface area contributed by atoms with Crippen LogP contribution in [0.15, 0.2) is 54.6 Å². The maximum absolute atomic E-state index is 12.6. The molecular formula is C22H28N2O3. The van der Waals surface area contributed by atoms with Gasteiger partial charge < -0.3 is 14.4 Å². The standard InChI is InChI=1S/C22H28N2O3/c1-18-8-10-21(11-9-18)27-19(2)22(25)24-14-12-23(13-15-24)16-17-26-20-6-4-3-5-7-20/h3-11,19H,12-17H2,1-2H3. The number of hydrogen-bond acceptors (Lipinski definition) is 4. The van der Waals surface area contributed by atoms with Gasteiger partial charge in [-0.2, -0.15) is 0 Å². The summed E-state index contributed by atoms with van der Waals surface area (Å²) in [6.45, 7) is 8.56. The Morgan fingerprint density at radius 1 is 0.963 bits per heavy atom. The number of para-hydroxylation sites is 1. The van der Waals surface area contributed by atoms with Crippen molar-refractivity contribution >= 4 is 5.91 Å². The Kier molecular flexibility index (Phi) is 6.71. The van der Waals surface area contributed by atoms with Crippen molar-refractivity contribution in [3.63, 3.8) is 0 Å². The maximum atomic E-state index is 12.6. The molecule has 1 aliphatic heterocycles. The number of amides is 1. The fraction of sp³-hybridized carbons (Fsp3) is 0.409. The van der Waals surface area contributed by atoms with Crippen molar-refractivity contribution in [2.24, 2.45) is 0 Å². The van der Waals surface area contributed by atoms with Crippen molar-refractivity contribution in [1.82, 2.24) is 9.80 Å². The normalized spacial score (nSPS) is 16.0. The van der Waals surface area contributed by atoms with E-state index in [-0.39, 0.29) is 5.91 Å². The Labute approximate surface area is 161 Å². The second-order valence-corrected chi connectivity index (χ2v) is 6.90. The van der Waals surface area contributed by atoms with E-state index in [1.54, 1.807) is 0 Å². The summed E-state index contributed by atoms with van der Waals surface area (Å²) in [7, 11) is 0. The van der Waals surface area contributed by atoms with Crippen LogP contribution in [0.3, 0.4) is 0 Å². The van der Waals surface area contributed by atoms with E-state index in [0.29, 0.717) is 6.61 Å². The fourth-order valence-electron chi connectivity index (χ4n) is 3.13. The molecule has 2 aromatic carbocycles. The summed E-state index contributed by atoms with van der Waals surface area (Å²) in [6, 6.07) is 17.6. The highest BCUT2D eigenvalue weighted by molar-refractivity contribution is 5.81. The zero-order valence-corrected chi connectivity index (χ0v) is 16.1. The molecule has 1 amide bonds. The van der Waals surface area contributed by atoms with Gasteiger partial charge in [-0.3, -0.25) is 9.69 Å². The van der Waals surface area contributed by atoms with Gasteiger partial charge in [-0.1, -0.05) is 35.9 Å². The van der Waals surface area contributed by atoms with E-state index in [2.05, 4.69) is 4.90 Å². The molecular weight excluding hydrogens is 340 g/mol. The number of carbonyl (C=O) groups excluding carboxylic acids is 1. The number of piperazine rings is 1. The quantitative estimate of drug-likeness (QED) is 0.753. The average molecular weight is 368 g/mol. The van der Waals surface area contributed by atoms with Crippen molar-refractivity contribution in [2.45, 2.75) is 20.0 Å². The van der Waals surface area contributed by atoms with Gasteiger partial charge in [0.15, 0.2) is 6.10 Å². The van der Waals surface area contributed by atoms with Crippen LogP contribution in [0.2, 0.25) is 0 Å². The predicted molar refractivity (Wildman–Crippen MR) is 106 cm³/mol. The van der Waals surface area contributed by atoms with E-state index >= 15 is 0 Å². The Bertz CT molecular complexity index is 710. The molecule has 144 valence electrons. The molecule has 0 aliphatic carbocycles. The molecule has 3 rings (SSSR count). The molecule has 1 heterocycles. The van der Waals surface area contributed by atoms with Crippen LogP contribution >= 0.6 is 0 Å². The van der Waals surface area contributed by atoms with Gasteiger partial charge in [-0.15, -0.1) is 0 Å². The lowest BCUT2D eigenvalue weighted by Crippen LogP contribution is -2.52. The number of ether oxygens (including phenoxy) is 2. The number of benzene rings is 2. The third-order valence-corrected chi connectivity index (χ3v) is 4.79. The zero-order chi connectivity index (χ0) is 19.1. The molecule has 1 aliphatic rings. The molecule has 0 spiro atoms. The summed E-state index contributed by atoms with van der Waals surface area (Å²) in [5, 5.41) is 0. The van der Waals surface area contributed by atoms with Crippen LogP contribution in [0.25, 0.3) is 0 Å². The molecule has 1 unspecified atom stereocenters. The zero-order valence-electron chi connectivity index (χ0n) is 16.1. The molecule has 1 saturated heterocycles. The van der Waals surface area contributed by atoms with E-state index in [9.17, 15) is 4.79 Å². The Morgan fingerprint density at radius 2 is 1.63 bits per heavy atom.